The van der Waals surface area contributed by atoms with Crippen LogP contribution in [-0.4, -0.2) is 16.9 Å². The van der Waals surface area contributed by atoms with E-state index in [0.29, 0.717) is 0 Å². The van der Waals surface area contributed by atoms with Gasteiger partial charge < -0.3 is 0 Å². The molecule has 0 aliphatic carbocycles. The van der Waals surface area contributed by atoms with Crippen molar-refractivity contribution in [3.8, 4) is 0 Å². The van der Waals surface area contributed by atoms with Gasteiger partial charge in [-0.2, -0.15) is 5.10 Å². The topological polar surface area (TPSA) is 28.7 Å². The number of hydrogen-bond donors (Lipinski definition) is 1. The van der Waals surface area contributed by atoms with Crippen LogP contribution in [0.4, 0.5) is 0 Å². The third-order valence-electron chi connectivity index (χ3n) is 0.926. The molecule has 0 aliphatic rings. The van der Waals surface area contributed by atoms with Crippen molar-refractivity contribution >= 4 is 8.58 Å². The lowest BCUT2D eigenvalue weighted by Crippen LogP contribution is -1.75. The fraction of sp³-hybridized carbons (Fsp3) is 0.400. The molecular weight excluding hydrogens is 119 g/mol. The van der Waals surface area contributed by atoms with Gasteiger partial charge in [-0.25, -0.2) is 0 Å². The fourth-order valence-corrected chi connectivity index (χ4v) is 1.15. The second kappa shape index (κ2) is 2.83. The van der Waals surface area contributed by atoms with Crippen LogP contribution in [0.25, 0.3) is 0 Å². The summed E-state index contributed by atoms with van der Waals surface area (Å²) in [5.74, 6) is 0. The second-order valence-electron chi connectivity index (χ2n) is 1.61. The van der Waals surface area contributed by atoms with Crippen LogP contribution < -0.4 is 0 Å². The quantitative estimate of drug-likeness (QED) is 0.596. The maximum atomic E-state index is 3.82. The highest BCUT2D eigenvalue weighted by Crippen LogP contribution is 2.09. The fourth-order valence-electron chi connectivity index (χ4n) is 0.574. The molecular formula is C5H9N2P. The Morgan fingerprint density at radius 2 is 2.75 bits per heavy atom. The average molecular weight is 128 g/mol. The van der Waals surface area contributed by atoms with E-state index in [-0.39, 0.29) is 0 Å². The van der Waals surface area contributed by atoms with Crippen molar-refractivity contribution in [1.82, 2.24) is 10.2 Å². The van der Waals surface area contributed by atoms with Gasteiger partial charge in [-0.3, -0.25) is 5.10 Å². The van der Waals surface area contributed by atoms with Crippen LogP contribution in [0.2, 0.25) is 0 Å². The lowest BCUT2D eigenvalue weighted by molar-refractivity contribution is 1.04. The van der Waals surface area contributed by atoms with Gasteiger partial charge in [0, 0.05) is 18.1 Å². The maximum absolute atomic E-state index is 3.82. The summed E-state index contributed by atoms with van der Waals surface area (Å²) >= 11 is 0. The summed E-state index contributed by atoms with van der Waals surface area (Å²) in [7, 11) is 0.981. The number of hydrogen-bond acceptors (Lipinski definition) is 1. The minimum absolute atomic E-state index is 0.981. The minimum atomic E-state index is 0.981. The van der Waals surface area contributed by atoms with E-state index in [4.69, 9.17) is 0 Å². The first kappa shape index (κ1) is 5.77. The van der Waals surface area contributed by atoms with E-state index < -0.39 is 0 Å². The van der Waals surface area contributed by atoms with Gasteiger partial charge in [0.2, 0.25) is 0 Å². The predicted octanol–water partition coefficient (Wildman–Crippen LogP) is 1.22. The molecule has 0 fully saturated rings. The van der Waals surface area contributed by atoms with Crippen molar-refractivity contribution in [3.63, 3.8) is 0 Å². The molecule has 3 heteroatoms. The standard InChI is InChI=1S/C5H9N2P/c1-8-4-5-2-3-6-7-5/h2-3,8H,4H2,1H3,(H,6,7). The van der Waals surface area contributed by atoms with E-state index in [2.05, 4.69) is 16.9 Å². The third kappa shape index (κ3) is 1.31. The van der Waals surface area contributed by atoms with Crippen molar-refractivity contribution in [2.24, 2.45) is 0 Å². The molecule has 0 saturated heterocycles. The van der Waals surface area contributed by atoms with Gasteiger partial charge in [-0.05, 0) is 12.7 Å². The van der Waals surface area contributed by atoms with Gasteiger partial charge >= 0.3 is 0 Å². The molecule has 1 aromatic rings. The zero-order chi connectivity index (χ0) is 5.82. The number of aromatic nitrogens is 2. The van der Waals surface area contributed by atoms with Gasteiger partial charge in [-0.15, -0.1) is 8.58 Å². The summed E-state index contributed by atoms with van der Waals surface area (Å²) in [5, 5.41) is 6.72. The van der Waals surface area contributed by atoms with E-state index in [9.17, 15) is 0 Å². The Morgan fingerprint density at radius 3 is 3.25 bits per heavy atom. The first-order valence-corrected chi connectivity index (χ1v) is 4.27. The average Bonchev–Trinajstić information content (AvgIpc) is 2.19. The molecule has 0 spiro atoms. The zero-order valence-corrected chi connectivity index (χ0v) is 5.81. The van der Waals surface area contributed by atoms with Crippen LogP contribution in [-0.2, 0) is 6.16 Å². The number of nitrogens with one attached hydrogen (secondary N) is 1. The molecule has 0 aromatic carbocycles. The minimum Gasteiger partial charge on any atom is -0.282 e. The summed E-state index contributed by atoms with van der Waals surface area (Å²) < 4.78 is 0. The predicted molar refractivity (Wildman–Crippen MR) is 36.5 cm³/mol. The highest BCUT2D eigenvalue weighted by molar-refractivity contribution is 7.36. The van der Waals surface area contributed by atoms with Gasteiger partial charge in [-0.1, -0.05) is 0 Å². The Morgan fingerprint density at radius 1 is 1.88 bits per heavy atom. The molecule has 2 nitrogen and oxygen atoms in total. The van der Waals surface area contributed by atoms with E-state index in [1.54, 1.807) is 6.20 Å². The molecule has 0 radical (unpaired) electrons. The highest BCUT2D eigenvalue weighted by Gasteiger charge is 1.86. The molecule has 1 atom stereocenters. The zero-order valence-electron chi connectivity index (χ0n) is 4.81. The third-order valence-corrected chi connectivity index (χ3v) is 1.66. The first-order chi connectivity index (χ1) is 3.93. The molecule has 44 valence electrons. The number of H-pyrrole nitrogens is 1. The van der Waals surface area contributed by atoms with Crippen molar-refractivity contribution in [2.45, 2.75) is 6.16 Å². The summed E-state index contributed by atoms with van der Waals surface area (Å²) in [4.78, 5) is 0. The molecule has 0 amide bonds. The number of rotatable bonds is 2. The molecule has 0 bridgehead atoms. The Hall–Kier alpha value is -0.360. The first-order valence-electron chi connectivity index (χ1n) is 2.56. The summed E-state index contributed by atoms with van der Waals surface area (Å²) in [5.41, 5.74) is 1.24. The van der Waals surface area contributed by atoms with Gasteiger partial charge in [0.15, 0.2) is 0 Å². The molecule has 8 heavy (non-hydrogen) atoms. The Labute approximate surface area is 50.5 Å². The van der Waals surface area contributed by atoms with E-state index >= 15 is 0 Å². The maximum Gasteiger partial charge on any atom is 0.0490 e. The van der Waals surface area contributed by atoms with Gasteiger partial charge in [0.25, 0.3) is 0 Å². The van der Waals surface area contributed by atoms with Gasteiger partial charge in [0.05, 0.1) is 0 Å². The van der Waals surface area contributed by atoms with Crippen LogP contribution in [0.15, 0.2) is 12.3 Å². The lowest BCUT2D eigenvalue weighted by atomic mass is 10.5. The molecule has 1 rings (SSSR count). The molecule has 1 N–H and O–H groups in total. The molecule has 1 heterocycles. The van der Waals surface area contributed by atoms with Crippen LogP contribution in [0.5, 0.6) is 0 Å². The van der Waals surface area contributed by atoms with Crippen molar-refractivity contribution in [2.75, 3.05) is 6.66 Å². The normalized spacial score (nSPS) is 11.1. The van der Waals surface area contributed by atoms with Crippen LogP contribution in [0.3, 0.4) is 0 Å². The van der Waals surface area contributed by atoms with E-state index in [0.717, 1.165) is 14.7 Å². The van der Waals surface area contributed by atoms with Crippen molar-refractivity contribution < 1.29 is 0 Å². The monoisotopic (exact) mass is 128 g/mol. The lowest BCUT2D eigenvalue weighted by Gasteiger charge is -1.86. The molecule has 0 aliphatic heterocycles. The summed E-state index contributed by atoms with van der Waals surface area (Å²) in [6.45, 7) is 2.18. The Bertz CT molecular complexity index is 136. The Kier molecular flexibility index (Phi) is 2.04. The number of aromatic amines is 1. The van der Waals surface area contributed by atoms with Gasteiger partial charge in [0.1, 0.15) is 0 Å². The largest absolute Gasteiger partial charge is 0.282 e. The van der Waals surface area contributed by atoms with Crippen molar-refractivity contribution in [1.29, 1.82) is 0 Å². The highest BCUT2D eigenvalue weighted by atomic mass is 31.1. The van der Waals surface area contributed by atoms with E-state index in [1.165, 1.54) is 5.69 Å². The molecule has 1 unspecified atom stereocenters. The smallest absolute Gasteiger partial charge is 0.0490 e. The molecule has 0 saturated carbocycles. The second-order valence-corrected chi connectivity index (χ2v) is 2.67. The number of nitrogens with zero attached hydrogens (tertiary/aromatic N) is 1. The van der Waals surface area contributed by atoms with Crippen LogP contribution in [0, 0.1) is 0 Å². The Balaban J connectivity index is 2.50. The summed E-state index contributed by atoms with van der Waals surface area (Å²) in [6.07, 6.45) is 2.93. The molecule has 1 aromatic heterocycles. The van der Waals surface area contributed by atoms with E-state index in [1.807, 2.05) is 6.07 Å². The SMILES string of the molecule is CPCc1ccn[nH]1. The van der Waals surface area contributed by atoms with Crippen LogP contribution in [0.1, 0.15) is 5.69 Å². The van der Waals surface area contributed by atoms with Crippen molar-refractivity contribution in [3.05, 3.63) is 18.0 Å². The summed E-state index contributed by atoms with van der Waals surface area (Å²) in [6, 6.07) is 2.01. The van der Waals surface area contributed by atoms with Crippen LogP contribution >= 0.6 is 8.58 Å².